The summed E-state index contributed by atoms with van der Waals surface area (Å²) in [5.41, 5.74) is 2.74. The Bertz CT molecular complexity index is 583. The van der Waals surface area contributed by atoms with Crippen LogP contribution >= 0.6 is 0 Å². The predicted octanol–water partition coefficient (Wildman–Crippen LogP) is 2.24. The molecule has 0 aromatic carbocycles. The molecule has 0 amide bonds. The lowest BCUT2D eigenvalue weighted by molar-refractivity contribution is 0.392. The Kier molecular flexibility index (Phi) is 4.45. The second-order valence-electron chi connectivity index (χ2n) is 4.30. The van der Waals surface area contributed by atoms with Gasteiger partial charge in [-0.15, -0.1) is 10.2 Å². The zero-order valence-electron chi connectivity index (χ0n) is 12.3. The number of anilines is 1. The molecule has 0 aliphatic rings. The van der Waals surface area contributed by atoms with Gasteiger partial charge in [-0.05, 0) is 26.3 Å². The molecule has 0 spiro atoms. The molecule has 0 saturated carbocycles. The maximum atomic E-state index is 5.00. The maximum Gasteiger partial charge on any atom is 0.233 e. The van der Waals surface area contributed by atoms with E-state index in [9.17, 15) is 0 Å². The first kappa shape index (κ1) is 14.2. The molecule has 2 aromatic rings. The van der Waals surface area contributed by atoms with Gasteiger partial charge in [-0.1, -0.05) is 6.92 Å². The highest BCUT2D eigenvalue weighted by molar-refractivity contribution is 5.56. The third-order valence-corrected chi connectivity index (χ3v) is 2.99. The minimum Gasteiger partial charge on any atom is -0.480 e. The Morgan fingerprint density at radius 2 is 1.95 bits per heavy atom. The summed E-state index contributed by atoms with van der Waals surface area (Å²) in [5, 5.41) is 11.3. The number of ether oxygens (including phenoxy) is 1. The van der Waals surface area contributed by atoms with Crippen molar-refractivity contribution in [1.29, 1.82) is 0 Å². The summed E-state index contributed by atoms with van der Waals surface area (Å²) in [7, 11) is 1.56. The Morgan fingerprint density at radius 1 is 1.15 bits per heavy atom. The molecular weight excluding hydrogens is 254 g/mol. The Labute approximate surface area is 118 Å². The number of rotatable bonds is 5. The van der Waals surface area contributed by atoms with Crippen molar-refractivity contribution in [2.75, 3.05) is 19.0 Å². The van der Waals surface area contributed by atoms with Crippen molar-refractivity contribution in [1.82, 2.24) is 20.2 Å². The average Bonchev–Trinajstić information content (AvgIpc) is 2.47. The van der Waals surface area contributed by atoms with Gasteiger partial charge < -0.3 is 10.1 Å². The standard InChI is InChI=1S/C14H19N5O/c1-5-10-9(3)16-14(17-13(10)15-6-2)11-7-8-12(20-4)19-18-11/h7-8H,5-6H2,1-4H3,(H,15,16,17). The van der Waals surface area contributed by atoms with Crippen molar-refractivity contribution < 1.29 is 4.74 Å². The van der Waals surface area contributed by atoms with Crippen molar-refractivity contribution in [2.45, 2.75) is 27.2 Å². The summed E-state index contributed by atoms with van der Waals surface area (Å²) >= 11 is 0. The Morgan fingerprint density at radius 3 is 2.50 bits per heavy atom. The monoisotopic (exact) mass is 273 g/mol. The Balaban J connectivity index is 2.45. The Hall–Kier alpha value is -2.24. The molecule has 2 aromatic heterocycles. The highest BCUT2D eigenvalue weighted by Crippen LogP contribution is 2.21. The number of aryl methyl sites for hydroxylation is 1. The van der Waals surface area contributed by atoms with Crippen LogP contribution in [0.3, 0.4) is 0 Å². The van der Waals surface area contributed by atoms with Crippen LogP contribution in [0, 0.1) is 6.92 Å². The fraction of sp³-hybridized carbons (Fsp3) is 0.429. The summed E-state index contributed by atoms with van der Waals surface area (Å²) < 4.78 is 5.00. The van der Waals surface area contributed by atoms with Crippen LogP contribution in [0.25, 0.3) is 11.5 Å². The van der Waals surface area contributed by atoms with Gasteiger partial charge in [0.05, 0.1) is 7.11 Å². The summed E-state index contributed by atoms with van der Waals surface area (Å²) in [6, 6.07) is 3.56. The fourth-order valence-corrected chi connectivity index (χ4v) is 2.00. The summed E-state index contributed by atoms with van der Waals surface area (Å²) in [6.45, 7) is 6.95. The van der Waals surface area contributed by atoms with Crippen molar-refractivity contribution in [2.24, 2.45) is 0 Å². The predicted molar refractivity (Wildman–Crippen MR) is 77.9 cm³/mol. The van der Waals surface area contributed by atoms with Crippen LogP contribution in [0.1, 0.15) is 25.1 Å². The van der Waals surface area contributed by atoms with Gasteiger partial charge in [0.2, 0.25) is 5.88 Å². The summed E-state index contributed by atoms with van der Waals surface area (Å²) in [5.74, 6) is 1.92. The number of hydrogen-bond acceptors (Lipinski definition) is 6. The van der Waals surface area contributed by atoms with E-state index in [0.29, 0.717) is 17.4 Å². The second kappa shape index (κ2) is 6.27. The third kappa shape index (κ3) is 2.84. The number of nitrogens with zero attached hydrogens (tertiary/aromatic N) is 4. The van der Waals surface area contributed by atoms with E-state index in [-0.39, 0.29) is 0 Å². The van der Waals surface area contributed by atoms with Crippen LogP contribution in [0.5, 0.6) is 5.88 Å². The zero-order valence-corrected chi connectivity index (χ0v) is 12.3. The molecule has 106 valence electrons. The van der Waals surface area contributed by atoms with E-state index in [4.69, 9.17) is 4.74 Å². The lowest BCUT2D eigenvalue weighted by Gasteiger charge is -2.12. The molecule has 0 radical (unpaired) electrons. The lowest BCUT2D eigenvalue weighted by Crippen LogP contribution is -2.08. The molecule has 2 heterocycles. The van der Waals surface area contributed by atoms with Crippen LogP contribution in [0.15, 0.2) is 12.1 Å². The molecule has 0 bridgehead atoms. The molecule has 0 unspecified atom stereocenters. The molecule has 0 atom stereocenters. The first-order valence-electron chi connectivity index (χ1n) is 6.69. The minimum absolute atomic E-state index is 0.475. The first-order chi connectivity index (χ1) is 9.69. The van der Waals surface area contributed by atoms with E-state index < -0.39 is 0 Å². The summed E-state index contributed by atoms with van der Waals surface area (Å²) in [4.78, 5) is 9.07. The normalized spacial score (nSPS) is 10.4. The van der Waals surface area contributed by atoms with Crippen LogP contribution in [0.4, 0.5) is 5.82 Å². The van der Waals surface area contributed by atoms with E-state index in [1.54, 1.807) is 13.2 Å². The molecule has 0 aliphatic heterocycles. The quantitative estimate of drug-likeness (QED) is 0.900. The van der Waals surface area contributed by atoms with Gasteiger partial charge >= 0.3 is 0 Å². The molecule has 6 nitrogen and oxygen atoms in total. The highest BCUT2D eigenvalue weighted by Gasteiger charge is 2.12. The number of hydrogen-bond donors (Lipinski definition) is 1. The van der Waals surface area contributed by atoms with Gasteiger partial charge in [0.15, 0.2) is 5.82 Å². The molecular formula is C14H19N5O. The minimum atomic E-state index is 0.475. The van der Waals surface area contributed by atoms with E-state index >= 15 is 0 Å². The van der Waals surface area contributed by atoms with E-state index in [1.807, 2.05) is 19.9 Å². The van der Waals surface area contributed by atoms with Crippen LogP contribution in [-0.2, 0) is 6.42 Å². The van der Waals surface area contributed by atoms with Crippen LogP contribution in [-0.4, -0.2) is 33.8 Å². The number of nitrogens with one attached hydrogen (secondary N) is 1. The molecule has 6 heteroatoms. The zero-order chi connectivity index (χ0) is 14.5. The van der Waals surface area contributed by atoms with E-state index in [1.165, 1.54) is 0 Å². The molecule has 20 heavy (non-hydrogen) atoms. The van der Waals surface area contributed by atoms with Crippen molar-refractivity contribution in [3.8, 4) is 17.4 Å². The van der Waals surface area contributed by atoms with Crippen LogP contribution in [0.2, 0.25) is 0 Å². The molecule has 0 aliphatic carbocycles. The highest BCUT2D eigenvalue weighted by atomic mass is 16.5. The second-order valence-corrected chi connectivity index (χ2v) is 4.30. The van der Waals surface area contributed by atoms with E-state index in [2.05, 4.69) is 32.4 Å². The largest absolute Gasteiger partial charge is 0.480 e. The smallest absolute Gasteiger partial charge is 0.233 e. The molecule has 0 fully saturated rings. The topological polar surface area (TPSA) is 72.8 Å². The van der Waals surface area contributed by atoms with Gasteiger partial charge in [-0.3, -0.25) is 0 Å². The van der Waals surface area contributed by atoms with Crippen molar-refractivity contribution >= 4 is 5.82 Å². The SMILES string of the molecule is CCNc1nc(-c2ccc(OC)nn2)nc(C)c1CC. The maximum absolute atomic E-state index is 5.00. The van der Waals surface area contributed by atoms with Crippen molar-refractivity contribution in [3.05, 3.63) is 23.4 Å². The lowest BCUT2D eigenvalue weighted by atomic mass is 10.1. The molecule has 2 rings (SSSR count). The number of methoxy groups -OCH3 is 1. The first-order valence-corrected chi connectivity index (χ1v) is 6.69. The third-order valence-electron chi connectivity index (χ3n) is 2.99. The van der Waals surface area contributed by atoms with Gasteiger partial charge in [-0.25, -0.2) is 9.97 Å². The summed E-state index contributed by atoms with van der Waals surface area (Å²) in [6.07, 6.45) is 0.892. The molecule has 0 saturated heterocycles. The van der Waals surface area contributed by atoms with E-state index in [0.717, 1.165) is 30.0 Å². The van der Waals surface area contributed by atoms with Gasteiger partial charge in [0.25, 0.3) is 0 Å². The van der Waals surface area contributed by atoms with Gasteiger partial charge in [-0.2, -0.15) is 0 Å². The number of aromatic nitrogens is 4. The van der Waals surface area contributed by atoms with Gasteiger partial charge in [0.1, 0.15) is 11.5 Å². The van der Waals surface area contributed by atoms with Gasteiger partial charge in [0, 0.05) is 23.9 Å². The fourth-order valence-electron chi connectivity index (χ4n) is 2.00. The van der Waals surface area contributed by atoms with Crippen molar-refractivity contribution in [3.63, 3.8) is 0 Å². The van der Waals surface area contributed by atoms with Crippen LogP contribution < -0.4 is 10.1 Å². The molecule has 1 N–H and O–H groups in total. The average molecular weight is 273 g/mol.